The molecule has 0 saturated heterocycles. The number of aliphatic hydroxyl groups is 1. The maximum atomic E-state index is 8.55. The molecule has 0 spiro atoms. The molecule has 0 amide bonds. The first-order valence-electron chi connectivity index (χ1n) is 1.75. The fourth-order valence-electron chi connectivity index (χ4n) is 0. The second-order valence-electron chi connectivity index (χ2n) is 0.763. The van der Waals surface area contributed by atoms with E-state index in [2.05, 4.69) is 0 Å². The van der Waals surface area contributed by atoms with Gasteiger partial charge in [-0.15, -0.1) is 0 Å². The van der Waals surface area contributed by atoms with Crippen molar-refractivity contribution in [1.29, 1.82) is 0 Å². The molecule has 0 aromatic rings. The van der Waals surface area contributed by atoms with Crippen molar-refractivity contribution in [1.82, 2.24) is 0 Å². The van der Waals surface area contributed by atoms with E-state index in [1.54, 1.807) is 6.92 Å². The predicted molar refractivity (Wildman–Crippen MR) is 20.4 cm³/mol. The molecule has 0 aliphatic rings. The van der Waals surface area contributed by atoms with Gasteiger partial charge in [-0.2, -0.15) is 7.82 Å². The van der Waals surface area contributed by atoms with Crippen molar-refractivity contribution in [3.8, 4) is 0 Å². The van der Waals surface area contributed by atoms with Crippen LogP contribution in [-0.4, -0.2) is 11.7 Å². The third-order valence-corrected chi connectivity index (χ3v) is 0. The van der Waals surface area contributed by atoms with Crippen LogP contribution in [0.25, 0.3) is 0 Å². The van der Waals surface area contributed by atoms with E-state index < -0.39 is 7.82 Å². The molecular formula is C2H6K3O5P. The molecule has 0 bridgehead atoms. The van der Waals surface area contributed by atoms with Gasteiger partial charge in [0.2, 0.25) is 0 Å². The topological polar surface area (TPSA) is 106 Å². The Morgan fingerprint density at radius 3 is 1.18 bits per heavy atom. The van der Waals surface area contributed by atoms with Crippen LogP contribution in [0.15, 0.2) is 0 Å². The van der Waals surface area contributed by atoms with Crippen LogP contribution >= 0.6 is 7.82 Å². The molecule has 5 nitrogen and oxygen atoms in total. The standard InChI is InChI=1S/C2H6O.3K.H3O4P/c1-2-3;;;;1-5(2,3)4/h3H,2H2,1H3;;;;(H3,1,2,3,4)/q;3*+1;/p-3. The van der Waals surface area contributed by atoms with Crippen LogP contribution < -0.4 is 169 Å². The van der Waals surface area contributed by atoms with E-state index in [4.69, 9.17) is 24.4 Å². The normalized spacial score (nSPS) is 7.00. The molecule has 52 valence electrons. The maximum Gasteiger partial charge on any atom is 1.00 e. The van der Waals surface area contributed by atoms with Gasteiger partial charge in [-0.1, -0.05) is 0 Å². The van der Waals surface area contributed by atoms with E-state index >= 15 is 0 Å². The van der Waals surface area contributed by atoms with Gasteiger partial charge in [-0.25, -0.2) is 0 Å². The molecule has 0 aromatic carbocycles. The minimum atomic E-state index is -5.39. The second-order valence-corrected chi connectivity index (χ2v) is 1.66. The molecule has 0 unspecified atom stereocenters. The molecule has 0 aromatic heterocycles. The Bertz CT molecular complexity index is 75.5. The summed E-state index contributed by atoms with van der Waals surface area (Å²) in [5, 5.41) is 7.57. The second kappa shape index (κ2) is 20.4. The summed E-state index contributed by atoms with van der Waals surface area (Å²) in [7, 11) is -5.39. The molecule has 1 N–H and O–H groups in total. The Morgan fingerprint density at radius 2 is 1.18 bits per heavy atom. The molecule has 0 saturated carbocycles. The van der Waals surface area contributed by atoms with Gasteiger partial charge >= 0.3 is 154 Å². The minimum absolute atomic E-state index is 0. The van der Waals surface area contributed by atoms with Crippen LogP contribution in [0.3, 0.4) is 0 Å². The van der Waals surface area contributed by atoms with E-state index in [1.807, 2.05) is 0 Å². The monoisotopic (exact) mass is 258 g/mol. The van der Waals surface area contributed by atoms with Gasteiger partial charge in [-0.05, 0) is 6.92 Å². The zero-order chi connectivity index (χ0) is 7.21. The van der Waals surface area contributed by atoms with Crippen molar-refractivity contribution in [2.24, 2.45) is 0 Å². The molecule has 9 heteroatoms. The van der Waals surface area contributed by atoms with Gasteiger partial charge in [0.25, 0.3) is 0 Å². The summed E-state index contributed by atoms with van der Waals surface area (Å²) < 4.78 is 8.55. The van der Waals surface area contributed by atoms with E-state index in [0.29, 0.717) is 0 Å². The summed E-state index contributed by atoms with van der Waals surface area (Å²) in [5.74, 6) is 0. The zero-order valence-corrected chi connectivity index (χ0v) is 17.5. The Kier molecular flexibility index (Phi) is 55.2. The Balaban J connectivity index is -0.0000000183. The Labute approximate surface area is 194 Å². The summed E-state index contributed by atoms with van der Waals surface area (Å²) in [6.07, 6.45) is 0. The van der Waals surface area contributed by atoms with Crippen LogP contribution in [0, 0.1) is 0 Å². The fraction of sp³-hybridized carbons (Fsp3) is 1.00. The van der Waals surface area contributed by atoms with Crippen LogP contribution in [0.2, 0.25) is 0 Å². The Morgan fingerprint density at radius 1 is 1.18 bits per heavy atom. The van der Waals surface area contributed by atoms with Gasteiger partial charge in [0, 0.05) is 6.61 Å². The van der Waals surface area contributed by atoms with Gasteiger partial charge < -0.3 is 24.4 Å². The van der Waals surface area contributed by atoms with E-state index in [0.717, 1.165) is 0 Å². The molecule has 0 fully saturated rings. The molecule has 0 rings (SSSR count). The van der Waals surface area contributed by atoms with E-state index in [9.17, 15) is 0 Å². The van der Waals surface area contributed by atoms with Crippen molar-refractivity contribution in [2.75, 3.05) is 6.61 Å². The molecule has 0 aliphatic carbocycles. The zero-order valence-electron chi connectivity index (χ0n) is 7.23. The summed E-state index contributed by atoms with van der Waals surface area (Å²) in [6, 6.07) is 0. The van der Waals surface area contributed by atoms with Crippen molar-refractivity contribution < 1.29 is 179 Å². The molecule has 0 atom stereocenters. The number of phosphoric acid groups is 1. The average Bonchev–Trinajstić information content (AvgIpc) is 1.27. The number of rotatable bonds is 0. The summed E-state index contributed by atoms with van der Waals surface area (Å²) in [4.78, 5) is 25.6. The minimum Gasteiger partial charge on any atom is -0.822 e. The Hall–Kier alpha value is 4.98. The van der Waals surface area contributed by atoms with Crippen LogP contribution in [-0.2, 0) is 4.57 Å². The maximum absolute atomic E-state index is 8.55. The number of aliphatic hydroxyl groups excluding tert-OH is 1. The van der Waals surface area contributed by atoms with Crippen molar-refractivity contribution in [2.45, 2.75) is 6.92 Å². The largest absolute Gasteiger partial charge is 1.00 e. The van der Waals surface area contributed by atoms with E-state index in [1.165, 1.54) is 0 Å². The first-order valence-corrected chi connectivity index (χ1v) is 3.21. The predicted octanol–water partition coefficient (Wildman–Crippen LogP) is -11.8. The first kappa shape index (κ1) is 29.7. The quantitative estimate of drug-likeness (QED) is 0.343. The smallest absolute Gasteiger partial charge is 0.822 e. The summed E-state index contributed by atoms with van der Waals surface area (Å²) in [6.45, 7) is 1.93. The summed E-state index contributed by atoms with van der Waals surface area (Å²) >= 11 is 0. The molecule has 0 aliphatic heterocycles. The molecule has 0 radical (unpaired) electrons. The summed E-state index contributed by atoms with van der Waals surface area (Å²) in [5.41, 5.74) is 0. The van der Waals surface area contributed by atoms with Crippen LogP contribution in [0.5, 0.6) is 0 Å². The fourth-order valence-corrected chi connectivity index (χ4v) is 0. The number of hydrogen-bond acceptors (Lipinski definition) is 5. The van der Waals surface area contributed by atoms with Crippen molar-refractivity contribution in [3.63, 3.8) is 0 Å². The van der Waals surface area contributed by atoms with Gasteiger partial charge in [-0.3, -0.25) is 0 Å². The average molecular weight is 258 g/mol. The van der Waals surface area contributed by atoms with Gasteiger partial charge in [0.1, 0.15) is 0 Å². The molecular weight excluding hydrogens is 252 g/mol. The molecule has 0 heterocycles. The first-order chi connectivity index (χ1) is 3.41. The third-order valence-electron chi connectivity index (χ3n) is 0. The van der Waals surface area contributed by atoms with Crippen LogP contribution in [0.1, 0.15) is 6.92 Å². The van der Waals surface area contributed by atoms with Crippen molar-refractivity contribution in [3.05, 3.63) is 0 Å². The SMILES string of the molecule is CCO.O=P([O-])([O-])[O-].[K+].[K+].[K+]. The number of hydrogen-bond donors (Lipinski definition) is 1. The van der Waals surface area contributed by atoms with E-state index in [-0.39, 0.29) is 161 Å². The van der Waals surface area contributed by atoms with Gasteiger partial charge in [0.15, 0.2) is 0 Å². The molecule has 11 heavy (non-hydrogen) atoms. The van der Waals surface area contributed by atoms with Crippen molar-refractivity contribution >= 4 is 7.82 Å². The van der Waals surface area contributed by atoms with Gasteiger partial charge in [0.05, 0.1) is 0 Å². The van der Waals surface area contributed by atoms with Crippen LogP contribution in [0.4, 0.5) is 0 Å². The third kappa shape index (κ3) is 102.